The summed E-state index contributed by atoms with van der Waals surface area (Å²) in [5.41, 5.74) is 2.57. The molecule has 128 valence electrons. The van der Waals surface area contributed by atoms with Crippen molar-refractivity contribution in [3.8, 4) is 0 Å². The molecule has 0 spiro atoms. The molecule has 0 saturated carbocycles. The molecule has 23 heavy (non-hydrogen) atoms. The van der Waals surface area contributed by atoms with Gasteiger partial charge in [-0.15, -0.1) is 11.8 Å². The zero-order chi connectivity index (χ0) is 17.1. The second kappa shape index (κ2) is 7.85. The van der Waals surface area contributed by atoms with Crippen molar-refractivity contribution in [1.29, 1.82) is 0 Å². The van der Waals surface area contributed by atoms with Gasteiger partial charge in [0.15, 0.2) is 0 Å². The number of rotatable bonds is 7. The Morgan fingerprint density at radius 3 is 2.61 bits per heavy atom. The van der Waals surface area contributed by atoms with Gasteiger partial charge in [-0.25, -0.2) is 0 Å². The molecule has 1 heterocycles. The van der Waals surface area contributed by atoms with E-state index >= 15 is 0 Å². The Morgan fingerprint density at radius 1 is 1.35 bits per heavy atom. The van der Waals surface area contributed by atoms with Crippen molar-refractivity contribution in [3.63, 3.8) is 0 Å². The molecule has 0 fully saturated rings. The molecular weight excluding hydrogens is 346 g/mol. The normalized spacial score (nSPS) is 17.4. The summed E-state index contributed by atoms with van der Waals surface area (Å²) < 4.78 is 23.5. The van der Waals surface area contributed by atoms with Crippen LogP contribution in [0.25, 0.3) is 5.31 Å². The molecular formula is C17H26O3P2S. The lowest BCUT2D eigenvalue weighted by Gasteiger charge is -2.32. The highest BCUT2D eigenvalue weighted by Gasteiger charge is 2.29. The molecule has 1 aliphatic heterocycles. The third-order valence-corrected chi connectivity index (χ3v) is 9.42. The van der Waals surface area contributed by atoms with Gasteiger partial charge < -0.3 is 9.05 Å². The van der Waals surface area contributed by atoms with Gasteiger partial charge in [-0.2, -0.15) is 0 Å². The van der Waals surface area contributed by atoms with Crippen LogP contribution in [0.15, 0.2) is 29.7 Å². The van der Waals surface area contributed by atoms with Crippen LogP contribution in [0.1, 0.15) is 45.2 Å². The molecule has 0 bridgehead atoms. The highest BCUT2D eigenvalue weighted by molar-refractivity contribution is 8.24. The summed E-state index contributed by atoms with van der Waals surface area (Å²) in [6, 6.07) is 6.45. The lowest BCUT2D eigenvalue weighted by molar-refractivity contribution is 0.236. The molecule has 1 aromatic rings. The fourth-order valence-electron chi connectivity index (χ4n) is 2.59. The van der Waals surface area contributed by atoms with Gasteiger partial charge in [-0.1, -0.05) is 26.5 Å². The van der Waals surface area contributed by atoms with Gasteiger partial charge in [0.25, 0.3) is 0 Å². The van der Waals surface area contributed by atoms with Crippen LogP contribution in [0.4, 0.5) is 0 Å². The predicted molar refractivity (Wildman–Crippen MR) is 103 cm³/mol. The fourth-order valence-corrected chi connectivity index (χ4v) is 8.12. The standard InChI is InChI=1S/C17H26O3P2S/c1-6-19-22(18,20-7-2)21-13(3)14-8-9-16-15(12-14)17(4,5)10-11-23-16/h8-9,12,21H,3,6-7,10-11H2,1-2,4-5H3. The average Bonchev–Trinajstić information content (AvgIpc) is 2.47. The Hall–Kier alpha value is -0.110. The first kappa shape index (κ1) is 19.2. The fraction of sp³-hybridized carbons (Fsp3) is 0.529. The molecule has 1 atom stereocenters. The van der Waals surface area contributed by atoms with Crippen LogP contribution in [-0.4, -0.2) is 19.0 Å². The van der Waals surface area contributed by atoms with E-state index in [2.05, 4.69) is 38.6 Å². The molecule has 0 aliphatic carbocycles. The van der Waals surface area contributed by atoms with Gasteiger partial charge in [0, 0.05) is 13.2 Å². The maximum absolute atomic E-state index is 12.7. The van der Waals surface area contributed by atoms with Crippen LogP contribution in [-0.2, 0) is 19.0 Å². The maximum Gasteiger partial charge on any atom is 0.350 e. The van der Waals surface area contributed by atoms with Gasteiger partial charge in [0.2, 0.25) is 0 Å². The van der Waals surface area contributed by atoms with E-state index in [0.717, 1.165) is 16.6 Å². The molecule has 1 unspecified atom stereocenters. The smallest absolute Gasteiger partial charge is 0.306 e. The SMILES string of the molecule is C=C(PP(=O)(OCC)OCC)c1ccc2c(c1)C(C)(C)CCS2. The summed E-state index contributed by atoms with van der Waals surface area (Å²) in [5.74, 6) is 1.16. The molecule has 0 radical (unpaired) electrons. The van der Waals surface area contributed by atoms with Gasteiger partial charge in [0.1, 0.15) is 0 Å². The molecule has 1 aromatic carbocycles. The third-order valence-electron chi connectivity index (χ3n) is 3.91. The molecule has 6 heteroatoms. The van der Waals surface area contributed by atoms with Crippen molar-refractivity contribution in [2.45, 2.75) is 44.4 Å². The lowest BCUT2D eigenvalue weighted by atomic mass is 9.81. The van der Waals surface area contributed by atoms with E-state index in [9.17, 15) is 4.57 Å². The Morgan fingerprint density at radius 2 is 2.00 bits per heavy atom. The van der Waals surface area contributed by atoms with E-state index in [1.807, 2.05) is 25.6 Å². The van der Waals surface area contributed by atoms with Crippen LogP contribution in [0.5, 0.6) is 0 Å². The number of benzene rings is 1. The van der Waals surface area contributed by atoms with Gasteiger partial charge >= 0.3 is 7.28 Å². The minimum Gasteiger partial charge on any atom is -0.306 e. The minimum atomic E-state index is -3.08. The van der Waals surface area contributed by atoms with Crippen molar-refractivity contribution < 1.29 is 13.6 Å². The second-order valence-corrected chi connectivity index (χ2v) is 11.9. The summed E-state index contributed by atoms with van der Waals surface area (Å²) in [4.78, 5) is 1.35. The maximum atomic E-state index is 12.7. The monoisotopic (exact) mass is 372 g/mol. The van der Waals surface area contributed by atoms with E-state index in [-0.39, 0.29) is 13.7 Å². The van der Waals surface area contributed by atoms with E-state index in [1.165, 1.54) is 16.9 Å². The van der Waals surface area contributed by atoms with Crippen LogP contribution >= 0.6 is 27.3 Å². The van der Waals surface area contributed by atoms with Gasteiger partial charge in [-0.3, -0.25) is 4.57 Å². The van der Waals surface area contributed by atoms with Crippen molar-refractivity contribution in [1.82, 2.24) is 0 Å². The Balaban J connectivity index is 2.25. The lowest BCUT2D eigenvalue weighted by Crippen LogP contribution is -2.22. The van der Waals surface area contributed by atoms with Gasteiger partial charge in [0.05, 0.1) is 13.2 Å². The van der Waals surface area contributed by atoms with E-state index in [0.29, 0.717) is 13.2 Å². The number of thioether (sulfide) groups is 1. The van der Waals surface area contributed by atoms with Gasteiger partial charge in [-0.05, 0) is 60.0 Å². The van der Waals surface area contributed by atoms with Crippen molar-refractivity contribution in [2.75, 3.05) is 19.0 Å². The highest BCUT2D eigenvalue weighted by Crippen LogP contribution is 2.70. The summed E-state index contributed by atoms with van der Waals surface area (Å²) >= 11 is 1.91. The first-order chi connectivity index (χ1) is 10.8. The molecule has 0 N–H and O–H groups in total. The number of hydrogen-bond donors (Lipinski definition) is 0. The molecule has 1 aliphatic rings. The largest absolute Gasteiger partial charge is 0.350 e. The molecule has 3 nitrogen and oxygen atoms in total. The summed E-state index contributed by atoms with van der Waals surface area (Å²) in [6.07, 6.45) is 1.17. The molecule has 0 saturated heterocycles. The topological polar surface area (TPSA) is 35.5 Å². The molecule has 2 rings (SSSR count). The van der Waals surface area contributed by atoms with Crippen LogP contribution in [0.3, 0.4) is 0 Å². The molecule has 0 aromatic heterocycles. The van der Waals surface area contributed by atoms with E-state index in [4.69, 9.17) is 9.05 Å². The zero-order valence-electron chi connectivity index (χ0n) is 14.3. The van der Waals surface area contributed by atoms with Crippen molar-refractivity contribution in [2.24, 2.45) is 0 Å². The van der Waals surface area contributed by atoms with Crippen LogP contribution in [0.2, 0.25) is 0 Å². The predicted octanol–water partition coefficient (Wildman–Crippen LogP) is 6.29. The number of hydrogen-bond acceptors (Lipinski definition) is 4. The highest BCUT2D eigenvalue weighted by atomic mass is 32.2. The van der Waals surface area contributed by atoms with Crippen molar-refractivity contribution in [3.05, 3.63) is 35.9 Å². The van der Waals surface area contributed by atoms with Crippen LogP contribution < -0.4 is 0 Å². The zero-order valence-corrected chi connectivity index (χ0v) is 17.1. The first-order valence-electron chi connectivity index (χ1n) is 7.95. The Bertz CT molecular complexity index is 618. The minimum absolute atomic E-state index is 0.0538. The van der Waals surface area contributed by atoms with Crippen molar-refractivity contribution >= 4 is 32.6 Å². The summed E-state index contributed by atoms with van der Waals surface area (Å²) in [7, 11) is -3.13. The second-order valence-electron chi connectivity index (χ2n) is 6.12. The Labute approximate surface area is 145 Å². The summed E-state index contributed by atoms with van der Waals surface area (Å²) in [6.45, 7) is 13.1. The third kappa shape index (κ3) is 4.71. The average molecular weight is 372 g/mol. The number of fused-ring (bicyclic) bond motifs is 1. The Kier molecular flexibility index (Phi) is 6.56. The molecule has 0 amide bonds. The quantitative estimate of drug-likeness (QED) is 0.527. The van der Waals surface area contributed by atoms with Crippen LogP contribution in [0, 0.1) is 0 Å². The van der Waals surface area contributed by atoms with E-state index < -0.39 is 7.28 Å². The first-order valence-corrected chi connectivity index (χ1v) is 12.3. The van der Waals surface area contributed by atoms with E-state index in [1.54, 1.807) is 0 Å². The summed E-state index contributed by atoms with van der Waals surface area (Å²) in [5, 5.41) is 0.837.